The van der Waals surface area contributed by atoms with Crippen LogP contribution in [0, 0.1) is 5.92 Å². The van der Waals surface area contributed by atoms with Crippen LogP contribution in [0.15, 0.2) is 24.3 Å². The van der Waals surface area contributed by atoms with Crippen molar-refractivity contribution in [2.24, 2.45) is 5.92 Å². The number of anilines is 1. The Balaban J connectivity index is 1.61. The molecule has 4 aliphatic rings. The van der Waals surface area contributed by atoms with Crippen LogP contribution in [0.1, 0.15) is 24.8 Å². The second-order valence-electron chi connectivity index (χ2n) is 7.48. The summed E-state index contributed by atoms with van der Waals surface area (Å²) in [6, 6.07) is 8.20. The van der Waals surface area contributed by atoms with Crippen LogP contribution in [-0.4, -0.2) is 60.5 Å². The average Bonchev–Trinajstić information content (AvgIpc) is 3.30. The number of nitrogens with one attached hydrogen (secondary N) is 1. The third kappa shape index (κ3) is 1.98. The number of rotatable bonds is 1. The lowest BCUT2D eigenvalue weighted by molar-refractivity contribution is -0.147. The maximum absolute atomic E-state index is 13.4. The monoisotopic (exact) mass is 341 g/mol. The van der Waals surface area contributed by atoms with Gasteiger partial charge in [-0.2, -0.15) is 0 Å². The van der Waals surface area contributed by atoms with Gasteiger partial charge in [0.1, 0.15) is 5.54 Å². The first-order valence-electron chi connectivity index (χ1n) is 9.27. The molecule has 4 heterocycles. The molecule has 0 unspecified atom stereocenters. The van der Waals surface area contributed by atoms with E-state index in [9.17, 15) is 9.59 Å². The van der Waals surface area contributed by atoms with E-state index in [2.05, 4.69) is 10.2 Å². The minimum absolute atomic E-state index is 0.0234. The fraction of sp³-hybridized carbons (Fsp3) is 0.579. The number of hydrogen-bond acceptors (Lipinski definition) is 4. The van der Waals surface area contributed by atoms with Crippen molar-refractivity contribution in [1.29, 1.82) is 0 Å². The lowest BCUT2D eigenvalue weighted by atomic mass is 9.78. The van der Waals surface area contributed by atoms with Gasteiger partial charge in [-0.25, -0.2) is 0 Å². The van der Waals surface area contributed by atoms with Crippen molar-refractivity contribution in [3.63, 3.8) is 0 Å². The lowest BCUT2D eigenvalue weighted by Gasteiger charge is -2.39. The number of carbonyl (C=O) groups is 2. The Kier molecular flexibility index (Phi) is 3.40. The van der Waals surface area contributed by atoms with Crippen molar-refractivity contribution < 1.29 is 14.3 Å². The Morgan fingerprint density at radius 1 is 1.20 bits per heavy atom. The molecule has 0 radical (unpaired) electrons. The number of ether oxygens (including phenoxy) is 1. The molecular weight excluding hydrogens is 318 g/mol. The molecule has 1 aromatic carbocycles. The number of carbonyl (C=O) groups excluding carboxylic acids is 2. The molecule has 1 spiro atoms. The third-order valence-electron chi connectivity index (χ3n) is 6.40. The van der Waals surface area contributed by atoms with Crippen LogP contribution in [0.25, 0.3) is 0 Å². The molecule has 25 heavy (non-hydrogen) atoms. The Morgan fingerprint density at radius 3 is 2.84 bits per heavy atom. The van der Waals surface area contributed by atoms with Crippen LogP contribution in [0.2, 0.25) is 0 Å². The van der Waals surface area contributed by atoms with Gasteiger partial charge in [0.15, 0.2) is 0 Å². The van der Waals surface area contributed by atoms with E-state index in [1.54, 1.807) is 0 Å². The highest BCUT2D eigenvalue weighted by atomic mass is 16.5. The van der Waals surface area contributed by atoms with E-state index in [1.165, 1.54) is 0 Å². The van der Waals surface area contributed by atoms with Crippen LogP contribution in [0.4, 0.5) is 5.69 Å². The topological polar surface area (TPSA) is 61.9 Å². The minimum atomic E-state index is -0.826. The predicted octanol–water partition coefficient (Wildman–Crippen LogP) is 1.18. The molecule has 2 amide bonds. The quantitative estimate of drug-likeness (QED) is 0.833. The molecule has 4 aliphatic heterocycles. The molecule has 132 valence electrons. The SMILES string of the molecule is O=C([C@@H]1C[C@H]2CCCN2[C@]12C(=O)Nc1ccccc12)N1CCOCC1. The van der Waals surface area contributed by atoms with E-state index in [0.717, 1.165) is 37.1 Å². The normalized spacial score (nSPS) is 34.2. The molecule has 0 saturated carbocycles. The summed E-state index contributed by atoms with van der Waals surface area (Å²) in [6.07, 6.45) is 2.95. The largest absolute Gasteiger partial charge is 0.378 e. The van der Waals surface area contributed by atoms with Gasteiger partial charge in [0.2, 0.25) is 11.8 Å². The van der Waals surface area contributed by atoms with Crippen LogP contribution in [-0.2, 0) is 19.9 Å². The molecule has 5 rings (SSSR count). The fourth-order valence-electron chi connectivity index (χ4n) is 5.37. The van der Waals surface area contributed by atoms with E-state index < -0.39 is 5.54 Å². The van der Waals surface area contributed by atoms with Crippen molar-refractivity contribution in [2.75, 3.05) is 38.2 Å². The zero-order chi connectivity index (χ0) is 17.0. The number of hydrogen-bond donors (Lipinski definition) is 1. The summed E-state index contributed by atoms with van der Waals surface area (Å²) in [7, 11) is 0. The Morgan fingerprint density at radius 2 is 2.00 bits per heavy atom. The van der Waals surface area contributed by atoms with Gasteiger partial charge < -0.3 is 15.0 Å². The third-order valence-corrected chi connectivity index (χ3v) is 6.40. The number of para-hydroxylation sites is 1. The van der Waals surface area contributed by atoms with Crippen molar-refractivity contribution in [2.45, 2.75) is 30.8 Å². The molecule has 1 N–H and O–H groups in total. The summed E-state index contributed by atoms with van der Waals surface area (Å²) in [6.45, 7) is 3.31. The van der Waals surface area contributed by atoms with Crippen molar-refractivity contribution in [1.82, 2.24) is 9.80 Å². The Bertz CT molecular complexity index is 730. The molecule has 0 aliphatic carbocycles. The Hall–Kier alpha value is -1.92. The first-order valence-corrected chi connectivity index (χ1v) is 9.27. The van der Waals surface area contributed by atoms with Gasteiger partial charge >= 0.3 is 0 Å². The Labute approximate surface area is 147 Å². The minimum Gasteiger partial charge on any atom is -0.378 e. The number of benzene rings is 1. The molecule has 6 nitrogen and oxygen atoms in total. The molecule has 6 heteroatoms. The number of amides is 2. The summed E-state index contributed by atoms with van der Waals surface area (Å²) >= 11 is 0. The van der Waals surface area contributed by atoms with E-state index >= 15 is 0 Å². The number of nitrogens with zero attached hydrogens (tertiary/aromatic N) is 2. The smallest absolute Gasteiger partial charge is 0.250 e. The van der Waals surface area contributed by atoms with Crippen LogP contribution >= 0.6 is 0 Å². The van der Waals surface area contributed by atoms with Crippen LogP contribution < -0.4 is 5.32 Å². The zero-order valence-electron chi connectivity index (χ0n) is 14.2. The summed E-state index contributed by atoms with van der Waals surface area (Å²) in [5.41, 5.74) is 1.02. The van der Waals surface area contributed by atoms with Crippen molar-refractivity contribution in [3.8, 4) is 0 Å². The predicted molar refractivity (Wildman–Crippen MR) is 92.0 cm³/mol. The number of fused-ring (bicyclic) bond motifs is 4. The van der Waals surface area contributed by atoms with E-state index in [4.69, 9.17) is 4.74 Å². The first kappa shape index (κ1) is 15.3. The van der Waals surface area contributed by atoms with Crippen molar-refractivity contribution >= 4 is 17.5 Å². The van der Waals surface area contributed by atoms with Gasteiger partial charge in [-0.15, -0.1) is 0 Å². The highest BCUT2D eigenvalue weighted by Gasteiger charge is 2.65. The van der Waals surface area contributed by atoms with Crippen LogP contribution in [0.5, 0.6) is 0 Å². The summed E-state index contributed by atoms with van der Waals surface area (Å²) in [5.74, 6) is -0.214. The summed E-state index contributed by atoms with van der Waals surface area (Å²) in [5, 5.41) is 3.05. The van der Waals surface area contributed by atoms with Gasteiger partial charge in [0.05, 0.1) is 19.1 Å². The highest BCUT2D eigenvalue weighted by Crippen LogP contribution is 2.55. The average molecular weight is 341 g/mol. The van der Waals surface area contributed by atoms with E-state index in [0.29, 0.717) is 32.3 Å². The molecule has 3 fully saturated rings. The van der Waals surface area contributed by atoms with Crippen molar-refractivity contribution in [3.05, 3.63) is 29.8 Å². The van der Waals surface area contributed by atoms with Gasteiger partial charge in [0, 0.05) is 30.4 Å². The van der Waals surface area contributed by atoms with E-state index in [-0.39, 0.29) is 17.7 Å². The zero-order valence-corrected chi connectivity index (χ0v) is 14.2. The van der Waals surface area contributed by atoms with Gasteiger partial charge in [-0.05, 0) is 31.9 Å². The first-order chi connectivity index (χ1) is 12.2. The maximum Gasteiger partial charge on any atom is 0.250 e. The lowest BCUT2D eigenvalue weighted by Crippen LogP contribution is -2.56. The molecule has 0 bridgehead atoms. The van der Waals surface area contributed by atoms with E-state index in [1.807, 2.05) is 29.2 Å². The maximum atomic E-state index is 13.4. The summed E-state index contributed by atoms with van der Waals surface area (Å²) in [4.78, 5) is 30.9. The molecular formula is C19H23N3O3. The molecule has 0 aromatic heterocycles. The van der Waals surface area contributed by atoms with Crippen LogP contribution in [0.3, 0.4) is 0 Å². The van der Waals surface area contributed by atoms with Gasteiger partial charge in [-0.1, -0.05) is 18.2 Å². The van der Waals surface area contributed by atoms with Gasteiger partial charge in [0.25, 0.3) is 0 Å². The second kappa shape index (κ2) is 5.54. The fourth-order valence-corrected chi connectivity index (χ4v) is 5.37. The second-order valence-corrected chi connectivity index (χ2v) is 7.48. The standard InChI is InChI=1S/C19H23N3O3/c23-17(21-8-10-25-11-9-21)15-12-13-4-3-7-22(13)19(15)14-5-1-2-6-16(14)20-18(19)24/h1-2,5-6,13,15H,3-4,7-12H2,(H,20,24)/t13-,15+,19+/m1/s1. The summed E-state index contributed by atoms with van der Waals surface area (Å²) < 4.78 is 5.40. The highest BCUT2D eigenvalue weighted by molar-refractivity contribution is 6.09. The molecule has 3 saturated heterocycles. The molecule has 3 atom stereocenters. The van der Waals surface area contributed by atoms with Gasteiger partial charge in [-0.3, -0.25) is 14.5 Å². The number of morpholine rings is 1. The molecule has 1 aromatic rings.